The molecule has 0 unspecified atom stereocenters. The quantitative estimate of drug-likeness (QED) is 0.732. The Hall–Kier alpha value is -2.14. The average Bonchev–Trinajstić information content (AvgIpc) is 3.02. The van der Waals surface area contributed by atoms with Crippen molar-refractivity contribution in [1.82, 2.24) is 10.1 Å². The van der Waals surface area contributed by atoms with Crippen molar-refractivity contribution < 1.29 is 4.52 Å². The number of hydrogen-bond donors (Lipinski definition) is 1. The number of rotatable bonds is 3. The number of nitrogens with zero attached hydrogens (tertiary/aromatic N) is 2. The van der Waals surface area contributed by atoms with E-state index in [0.717, 1.165) is 11.3 Å². The van der Waals surface area contributed by atoms with Gasteiger partial charge in [0, 0.05) is 16.1 Å². The molecule has 0 aliphatic rings. The van der Waals surface area contributed by atoms with E-state index in [1.165, 1.54) is 4.88 Å². The fourth-order valence-electron chi connectivity index (χ4n) is 1.64. The lowest BCUT2D eigenvalue weighted by Crippen LogP contribution is -1.86. The van der Waals surface area contributed by atoms with Gasteiger partial charge in [-0.25, -0.2) is 0 Å². The minimum absolute atomic E-state index is 0.599. The van der Waals surface area contributed by atoms with E-state index in [1.807, 2.05) is 35.7 Å². The highest BCUT2D eigenvalue weighted by Crippen LogP contribution is 2.19. The molecule has 2 aromatic heterocycles. The van der Waals surface area contributed by atoms with Crippen LogP contribution in [0.15, 0.2) is 46.3 Å². The van der Waals surface area contributed by atoms with Crippen LogP contribution in [0, 0.1) is 0 Å². The molecule has 2 heterocycles. The molecule has 0 spiro atoms. The van der Waals surface area contributed by atoms with E-state index in [4.69, 9.17) is 10.3 Å². The monoisotopic (exact) mass is 257 g/mol. The molecule has 5 heteroatoms. The van der Waals surface area contributed by atoms with Gasteiger partial charge in [0.15, 0.2) is 0 Å². The van der Waals surface area contributed by atoms with Gasteiger partial charge in [-0.2, -0.15) is 4.98 Å². The molecular formula is C13H11N3OS. The van der Waals surface area contributed by atoms with Crippen LogP contribution in [-0.2, 0) is 6.42 Å². The topological polar surface area (TPSA) is 64.9 Å². The van der Waals surface area contributed by atoms with Crippen LogP contribution in [-0.4, -0.2) is 10.1 Å². The lowest BCUT2D eigenvalue weighted by atomic mass is 10.2. The summed E-state index contributed by atoms with van der Waals surface area (Å²) in [5, 5.41) is 6.01. The summed E-state index contributed by atoms with van der Waals surface area (Å²) < 4.78 is 5.24. The van der Waals surface area contributed by atoms with Gasteiger partial charge in [0.05, 0.1) is 6.42 Å². The first-order valence-electron chi connectivity index (χ1n) is 5.52. The summed E-state index contributed by atoms with van der Waals surface area (Å²) in [6.45, 7) is 0. The Morgan fingerprint density at radius 1 is 1.17 bits per heavy atom. The zero-order chi connectivity index (χ0) is 12.4. The highest BCUT2D eigenvalue weighted by atomic mass is 32.1. The summed E-state index contributed by atoms with van der Waals surface area (Å²) in [6.07, 6.45) is 0.680. The van der Waals surface area contributed by atoms with Crippen molar-refractivity contribution >= 4 is 17.0 Å². The van der Waals surface area contributed by atoms with E-state index in [0.29, 0.717) is 18.1 Å². The van der Waals surface area contributed by atoms with Crippen molar-refractivity contribution in [3.63, 3.8) is 0 Å². The van der Waals surface area contributed by atoms with Crippen LogP contribution in [0.1, 0.15) is 10.8 Å². The van der Waals surface area contributed by atoms with Crippen molar-refractivity contribution in [2.45, 2.75) is 6.42 Å². The zero-order valence-electron chi connectivity index (χ0n) is 9.54. The fraction of sp³-hybridized carbons (Fsp3) is 0.0769. The zero-order valence-corrected chi connectivity index (χ0v) is 10.4. The predicted octanol–water partition coefficient (Wildman–Crippen LogP) is 2.97. The third-order valence-electron chi connectivity index (χ3n) is 2.54. The first-order chi connectivity index (χ1) is 8.81. The van der Waals surface area contributed by atoms with Gasteiger partial charge in [-0.05, 0) is 35.7 Å². The van der Waals surface area contributed by atoms with Gasteiger partial charge >= 0.3 is 0 Å². The van der Waals surface area contributed by atoms with Gasteiger partial charge in [-0.1, -0.05) is 11.2 Å². The average molecular weight is 257 g/mol. The summed E-state index contributed by atoms with van der Waals surface area (Å²) in [5.74, 6) is 1.23. The van der Waals surface area contributed by atoms with Crippen LogP contribution in [0.5, 0.6) is 0 Å². The van der Waals surface area contributed by atoms with Crippen LogP contribution in [0.4, 0.5) is 5.69 Å². The van der Waals surface area contributed by atoms with E-state index in [-0.39, 0.29) is 0 Å². The van der Waals surface area contributed by atoms with Crippen LogP contribution < -0.4 is 5.73 Å². The van der Waals surface area contributed by atoms with Crippen molar-refractivity contribution in [1.29, 1.82) is 0 Å². The number of anilines is 1. The molecule has 0 saturated carbocycles. The number of thiophene rings is 1. The molecule has 0 fully saturated rings. The highest BCUT2D eigenvalue weighted by molar-refractivity contribution is 7.09. The normalized spacial score (nSPS) is 10.7. The van der Waals surface area contributed by atoms with E-state index < -0.39 is 0 Å². The van der Waals surface area contributed by atoms with Crippen molar-refractivity contribution in [3.8, 4) is 11.4 Å². The molecule has 4 nitrogen and oxygen atoms in total. The van der Waals surface area contributed by atoms with Gasteiger partial charge in [-0.15, -0.1) is 11.3 Å². The molecule has 2 N–H and O–H groups in total. The Balaban J connectivity index is 1.83. The molecule has 3 aromatic rings. The molecule has 0 aliphatic carbocycles. The third kappa shape index (κ3) is 2.26. The van der Waals surface area contributed by atoms with E-state index in [9.17, 15) is 0 Å². The SMILES string of the molecule is Nc1ccc(-c2noc(Cc3cccs3)n2)cc1. The Morgan fingerprint density at radius 2 is 2.00 bits per heavy atom. The Labute approximate surface area is 108 Å². The molecule has 0 aliphatic heterocycles. The van der Waals surface area contributed by atoms with Crippen LogP contribution in [0.2, 0.25) is 0 Å². The van der Waals surface area contributed by atoms with Crippen LogP contribution >= 0.6 is 11.3 Å². The van der Waals surface area contributed by atoms with Gasteiger partial charge in [0.2, 0.25) is 11.7 Å². The van der Waals surface area contributed by atoms with E-state index in [1.54, 1.807) is 11.3 Å². The first-order valence-corrected chi connectivity index (χ1v) is 6.40. The summed E-state index contributed by atoms with van der Waals surface area (Å²) in [7, 11) is 0. The number of nitrogens with two attached hydrogens (primary N) is 1. The molecule has 0 atom stereocenters. The molecule has 0 bridgehead atoms. The number of nitrogen functional groups attached to an aromatic ring is 1. The van der Waals surface area contributed by atoms with Crippen molar-refractivity contribution in [2.24, 2.45) is 0 Å². The molecule has 0 amide bonds. The number of aromatic nitrogens is 2. The Morgan fingerprint density at radius 3 is 2.72 bits per heavy atom. The van der Waals surface area contributed by atoms with Gasteiger partial charge in [-0.3, -0.25) is 0 Å². The number of hydrogen-bond acceptors (Lipinski definition) is 5. The Kier molecular flexibility index (Phi) is 2.82. The molecule has 0 saturated heterocycles. The van der Waals surface area contributed by atoms with Gasteiger partial charge in [0.1, 0.15) is 0 Å². The minimum atomic E-state index is 0.599. The van der Waals surface area contributed by atoms with Gasteiger partial charge < -0.3 is 10.3 Å². The largest absolute Gasteiger partial charge is 0.399 e. The summed E-state index contributed by atoms with van der Waals surface area (Å²) in [6, 6.07) is 11.5. The molecular weight excluding hydrogens is 246 g/mol. The van der Waals surface area contributed by atoms with Crippen molar-refractivity contribution in [3.05, 3.63) is 52.5 Å². The fourth-order valence-corrected chi connectivity index (χ4v) is 2.33. The van der Waals surface area contributed by atoms with E-state index in [2.05, 4.69) is 16.2 Å². The first kappa shape index (κ1) is 11.0. The smallest absolute Gasteiger partial charge is 0.232 e. The van der Waals surface area contributed by atoms with Gasteiger partial charge in [0.25, 0.3) is 0 Å². The highest BCUT2D eigenvalue weighted by Gasteiger charge is 2.09. The maximum absolute atomic E-state index is 5.64. The Bertz CT molecular complexity index is 629. The molecule has 90 valence electrons. The second kappa shape index (κ2) is 4.62. The second-order valence-electron chi connectivity index (χ2n) is 3.89. The maximum Gasteiger partial charge on any atom is 0.232 e. The molecule has 3 rings (SSSR count). The van der Waals surface area contributed by atoms with Crippen LogP contribution in [0.3, 0.4) is 0 Å². The summed E-state index contributed by atoms with van der Waals surface area (Å²) >= 11 is 1.68. The summed E-state index contributed by atoms with van der Waals surface area (Å²) in [4.78, 5) is 5.58. The maximum atomic E-state index is 5.64. The molecule has 18 heavy (non-hydrogen) atoms. The lowest BCUT2D eigenvalue weighted by Gasteiger charge is -1.94. The predicted molar refractivity (Wildman–Crippen MR) is 71.3 cm³/mol. The second-order valence-corrected chi connectivity index (χ2v) is 4.92. The molecule has 1 aromatic carbocycles. The summed E-state index contributed by atoms with van der Waals surface area (Å²) in [5.41, 5.74) is 7.27. The molecule has 0 radical (unpaired) electrons. The van der Waals surface area contributed by atoms with E-state index >= 15 is 0 Å². The lowest BCUT2D eigenvalue weighted by molar-refractivity contribution is 0.386. The third-order valence-corrected chi connectivity index (χ3v) is 3.42. The van der Waals surface area contributed by atoms with Crippen LogP contribution in [0.25, 0.3) is 11.4 Å². The van der Waals surface area contributed by atoms with Crippen molar-refractivity contribution in [2.75, 3.05) is 5.73 Å². The minimum Gasteiger partial charge on any atom is -0.399 e. The number of benzene rings is 1. The standard InChI is InChI=1S/C13H11N3OS/c14-10-5-3-9(4-6-10)13-15-12(17-16-13)8-11-2-1-7-18-11/h1-7H,8,14H2.